The minimum Gasteiger partial charge on any atom is -0.396 e. The summed E-state index contributed by atoms with van der Waals surface area (Å²) < 4.78 is -1.52. The van der Waals surface area contributed by atoms with Crippen LogP contribution >= 0.6 is 11.8 Å². The van der Waals surface area contributed by atoms with Crippen LogP contribution in [0.3, 0.4) is 0 Å². The summed E-state index contributed by atoms with van der Waals surface area (Å²) in [6.07, 6.45) is 11.5. The van der Waals surface area contributed by atoms with Gasteiger partial charge < -0.3 is 19.8 Å². The van der Waals surface area contributed by atoms with Gasteiger partial charge in [0.1, 0.15) is 6.04 Å². The van der Waals surface area contributed by atoms with Crippen molar-refractivity contribution in [3.05, 3.63) is 103 Å². The Kier molecular flexibility index (Phi) is 8.28. The van der Waals surface area contributed by atoms with E-state index in [1.54, 1.807) is 16.7 Å². The molecule has 1 spiro atoms. The zero-order valence-electron chi connectivity index (χ0n) is 26.3. The minimum atomic E-state index is -0.875. The van der Waals surface area contributed by atoms with E-state index in [2.05, 4.69) is 31.2 Å². The molecule has 1 N–H and O–H groups in total. The summed E-state index contributed by atoms with van der Waals surface area (Å²) in [4.78, 5) is 49.7. The molecule has 1 unspecified atom stereocenters. The molecular formula is C38H41N3O4S. The SMILES string of the molecule is C[C@@]12C=CCN(Cc3ccccc3)C(=O)[C@@H]1[C@H]1C(=O)N(CCCCCCO)C3C(=O)N(c4ccc5ccccc5c4)CC=C[C@@]31S2. The lowest BCUT2D eigenvalue weighted by atomic mass is 9.74. The van der Waals surface area contributed by atoms with E-state index in [-0.39, 0.29) is 24.3 Å². The molecule has 0 aliphatic carbocycles. The number of nitrogens with zero attached hydrogens (tertiary/aromatic N) is 3. The fourth-order valence-corrected chi connectivity index (χ4v) is 10.2. The lowest BCUT2D eigenvalue weighted by Crippen LogP contribution is -2.53. The standard InChI is InChI=1S/C38H41N3O4S/c1-37-19-11-21-39(26-27-13-5-4-6-14-27)34(43)31(37)32-35(44)41(22-9-2-3-10-24-42)33-36(45)40(23-12-20-38(32,33)46-37)30-18-17-28-15-7-8-16-29(28)25-30/h4-8,11-20,25,31-33,42H,2-3,9-10,21-24,26H2,1H3/t31-,32-,33?,37+,38-/m0/s1. The van der Waals surface area contributed by atoms with E-state index in [1.807, 2.05) is 82.6 Å². The molecule has 7 nitrogen and oxygen atoms in total. The number of carbonyl (C=O) groups excluding carboxylic acids is 3. The molecule has 7 rings (SSSR count). The number of rotatable bonds is 9. The molecule has 4 heterocycles. The number of unbranched alkanes of at least 4 members (excludes halogenated alkanes) is 3. The van der Waals surface area contributed by atoms with Crippen LogP contribution in [-0.2, 0) is 20.9 Å². The maximum Gasteiger partial charge on any atom is 0.251 e. The highest BCUT2D eigenvalue weighted by Gasteiger charge is 2.73. The Morgan fingerprint density at radius 3 is 2.33 bits per heavy atom. The highest BCUT2D eigenvalue weighted by molar-refractivity contribution is 8.02. The van der Waals surface area contributed by atoms with E-state index in [0.29, 0.717) is 26.2 Å². The molecule has 238 valence electrons. The van der Waals surface area contributed by atoms with Gasteiger partial charge in [-0.2, -0.15) is 0 Å². The number of aliphatic hydroxyl groups is 1. The Morgan fingerprint density at radius 2 is 1.52 bits per heavy atom. The molecule has 4 aliphatic rings. The van der Waals surface area contributed by atoms with Crippen LogP contribution in [0.5, 0.6) is 0 Å². The van der Waals surface area contributed by atoms with Crippen LogP contribution in [0.25, 0.3) is 10.8 Å². The van der Waals surface area contributed by atoms with Gasteiger partial charge in [0.15, 0.2) is 0 Å². The number of anilines is 1. The molecule has 8 heteroatoms. The first-order valence-electron chi connectivity index (χ1n) is 16.5. The zero-order valence-corrected chi connectivity index (χ0v) is 27.1. The van der Waals surface area contributed by atoms with Gasteiger partial charge in [-0.05, 0) is 48.2 Å². The summed E-state index contributed by atoms with van der Waals surface area (Å²) in [5, 5.41) is 11.4. The number of fused-ring (bicyclic) bond motifs is 3. The van der Waals surface area contributed by atoms with Gasteiger partial charge in [0.25, 0.3) is 5.91 Å². The average molecular weight is 636 g/mol. The van der Waals surface area contributed by atoms with Gasteiger partial charge >= 0.3 is 0 Å². The topological polar surface area (TPSA) is 81.2 Å². The fourth-order valence-electron chi connectivity index (χ4n) is 8.08. The lowest BCUT2D eigenvalue weighted by Gasteiger charge is -2.37. The number of hydrogen-bond donors (Lipinski definition) is 1. The first kappa shape index (κ1) is 30.8. The maximum absolute atomic E-state index is 14.9. The molecule has 0 saturated carbocycles. The molecule has 0 radical (unpaired) electrons. The molecule has 0 aromatic heterocycles. The van der Waals surface area contributed by atoms with Crippen molar-refractivity contribution < 1.29 is 19.5 Å². The second-order valence-corrected chi connectivity index (χ2v) is 14.9. The third-order valence-electron chi connectivity index (χ3n) is 10.2. The molecule has 3 amide bonds. The van der Waals surface area contributed by atoms with Gasteiger partial charge in [0.05, 0.1) is 16.6 Å². The molecule has 3 aromatic rings. The third-order valence-corrected chi connectivity index (χ3v) is 12.0. The molecule has 46 heavy (non-hydrogen) atoms. The highest BCUT2D eigenvalue weighted by atomic mass is 32.2. The lowest BCUT2D eigenvalue weighted by molar-refractivity contribution is -0.144. The minimum absolute atomic E-state index is 0.0286. The number of benzene rings is 3. The van der Waals surface area contributed by atoms with E-state index >= 15 is 0 Å². The number of aliphatic hydroxyl groups excluding tert-OH is 1. The second kappa shape index (κ2) is 12.4. The molecule has 5 atom stereocenters. The van der Waals surface area contributed by atoms with E-state index in [1.165, 1.54) is 0 Å². The van der Waals surface area contributed by atoms with E-state index in [9.17, 15) is 19.5 Å². The summed E-state index contributed by atoms with van der Waals surface area (Å²) in [5.41, 5.74) is 1.85. The van der Waals surface area contributed by atoms with Gasteiger partial charge in [0, 0.05) is 43.2 Å². The van der Waals surface area contributed by atoms with Crippen molar-refractivity contribution in [2.24, 2.45) is 11.8 Å². The van der Waals surface area contributed by atoms with Gasteiger partial charge in [-0.1, -0.05) is 97.8 Å². The van der Waals surface area contributed by atoms with E-state index in [4.69, 9.17) is 0 Å². The number of amides is 3. The summed E-state index contributed by atoms with van der Waals surface area (Å²) in [6.45, 7) is 4.01. The van der Waals surface area contributed by atoms with Gasteiger partial charge in [-0.25, -0.2) is 0 Å². The predicted octanol–water partition coefficient (Wildman–Crippen LogP) is 5.58. The molecule has 4 aliphatic heterocycles. The molecule has 0 bridgehead atoms. The smallest absolute Gasteiger partial charge is 0.251 e. The highest BCUT2D eigenvalue weighted by Crippen LogP contribution is 2.65. The Morgan fingerprint density at radius 1 is 0.783 bits per heavy atom. The Balaban J connectivity index is 1.27. The van der Waals surface area contributed by atoms with Gasteiger partial charge in [0.2, 0.25) is 11.8 Å². The first-order valence-corrected chi connectivity index (χ1v) is 17.3. The zero-order chi connectivity index (χ0) is 31.9. The van der Waals surface area contributed by atoms with E-state index < -0.39 is 27.4 Å². The maximum atomic E-state index is 14.9. The monoisotopic (exact) mass is 635 g/mol. The van der Waals surface area contributed by atoms with Crippen molar-refractivity contribution in [3.8, 4) is 0 Å². The van der Waals surface area contributed by atoms with Crippen molar-refractivity contribution in [2.45, 2.75) is 54.7 Å². The van der Waals surface area contributed by atoms with Crippen LogP contribution in [0.1, 0.15) is 38.2 Å². The van der Waals surface area contributed by atoms with E-state index in [0.717, 1.165) is 47.7 Å². The largest absolute Gasteiger partial charge is 0.396 e. The van der Waals surface area contributed by atoms with Gasteiger partial charge in [-0.3, -0.25) is 14.4 Å². The number of likely N-dealkylation sites (tertiary alicyclic amines) is 1. The fraction of sp³-hybridized carbons (Fsp3) is 0.395. The third kappa shape index (κ3) is 5.16. The summed E-state index contributed by atoms with van der Waals surface area (Å²) >= 11 is 1.63. The van der Waals surface area contributed by atoms with Crippen LogP contribution in [0.4, 0.5) is 5.69 Å². The number of carbonyl (C=O) groups is 3. The van der Waals surface area contributed by atoms with Gasteiger partial charge in [-0.15, -0.1) is 11.8 Å². The Labute approximate surface area is 274 Å². The van der Waals surface area contributed by atoms with Crippen molar-refractivity contribution in [2.75, 3.05) is 31.1 Å². The average Bonchev–Trinajstić information content (AvgIpc) is 3.33. The first-order chi connectivity index (χ1) is 22.4. The van der Waals surface area contributed by atoms with Crippen molar-refractivity contribution in [1.82, 2.24) is 9.80 Å². The predicted molar refractivity (Wildman–Crippen MR) is 183 cm³/mol. The van der Waals surface area contributed by atoms with Crippen molar-refractivity contribution >= 4 is 45.9 Å². The summed E-state index contributed by atoms with van der Waals surface area (Å²) in [7, 11) is 0. The van der Waals surface area contributed by atoms with Crippen molar-refractivity contribution in [1.29, 1.82) is 0 Å². The normalized spacial score (nSPS) is 28.8. The van der Waals surface area contributed by atoms with Crippen LogP contribution in [0, 0.1) is 11.8 Å². The Bertz CT molecular complexity index is 1710. The summed E-state index contributed by atoms with van der Waals surface area (Å²) in [5.74, 6) is -1.49. The second-order valence-electron chi connectivity index (χ2n) is 13.2. The Hall–Kier alpha value is -3.88. The molecule has 3 aromatic carbocycles. The van der Waals surface area contributed by atoms with Crippen LogP contribution < -0.4 is 4.90 Å². The van der Waals surface area contributed by atoms with Crippen LogP contribution in [0.2, 0.25) is 0 Å². The number of hydrogen-bond acceptors (Lipinski definition) is 5. The molecular weight excluding hydrogens is 595 g/mol. The summed E-state index contributed by atoms with van der Waals surface area (Å²) in [6, 6.07) is 23.4. The van der Waals surface area contributed by atoms with Crippen LogP contribution in [0.15, 0.2) is 97.1 Å². The number of thioether (sulfide) groups is 1. The van der Waals surface area contributed by atoms with Crippen molar-refractivity contribution in [3.63, 3.8) is 0 Å². The molecule has 2 saturated heterocycles. The quantitative estimate of drug-likeness (QED) is 0.245. The molecule has 2 fully saturated rings. The van der Waals surface area contributed by atoms with Crippen LogP contribution in [-0.4, -0.2) is 74.4 Å².